The molecule has 0 bridgehead atoms. The molecule has 5 heteroatoms. The van der Waals surface area contributed by atoms with E-state index in [-0.39, 0.29) is 5.56 Å². The summed E-state index contributed by atoms with van der Waals surface area (Å²) in [7, 11) is 0. The summed E-state index contributed by atoms with van der Waals surface area (Å²) in [5.74, 6) is -0.626. The minimum Gasteiger partial charge on any atom is -0.477 e. The van der Waals surface area contributed by atoms with Crippen molar-refractivity contribution in [1.82, 2.24) is 9.78 Å². The van der Waals surface area contributed by atoms with Gasteiger partial charge in [0.1, 0.15) is 11.3 Å². The first kappa shape index (κ1) is 11.8. The molecule has 1 aromatic heterocycles. The number of aromatic carboxylic acids is 1. The summed E-state index contributed by atoms with van der Waals surface area (Å²) in [6.45, 7) is 3.18. The number of carbonyl (C=O) groups is 1. The van der Waals surface area contributed by atoms with Crippen LogP contribution >= 0.6 is 0 Å². The predicted octanol–water partition coefficient (Wildman–Crippen LogP) is 2.34. The lowest BCUT2D eigenvalue weighted by Gasteiger charge is -2.14. The summed E-state index contributed by atoms with van der Waals surface area (Å²) < 4.78 is 7.13. The number of hydrogen-bond donors (Lipinski definition) is 1. The molecule has 0 unspecified atom stereocenters. The fraction of sp³-hybridized carbons (Fsp3) is 0.286. The molecule has 0 saturated carbocycles. The van der Waals surface area contributed by atoms with Gasteiger partial charge in [0, 0.05) is 18.5 Å². The van der Waals surface area contributed by atoms with Crippen LogP contribution in [-0.2, 0) is 6.54 Å². The van der Waals surface area contributed by atoms with Crippen LogP contribution in [0, 0.1) is 6.92 Å². The molecule has 1 aliphatic rings. The maximum atomic E-state index is 11.5. The molecular formula is C14H14N2O3. The van der Waals surface area contributed by atoms with Crippen LogP contribution in [0.25, 0.3) is 11.3 Å². The van der Waals surface area contributed by atoms with Crippen molar-refractivity contribution in [3.8, 4) is 17.1 Å². The van der Waals surface area contributed by atoms with E-state index in [0.29, 0.717) is 24.7 Å². The monoisotopic (exact) mass is 258 g/mol. The van der Waals surface area contributed by atoms with Crippen LogP contribution in [0.1, 0.15) is 22.3 Å². The Balaban J connectivity index is 2.24. The molecule has 1 aromatic carbocycles. The van der Waals surface area contributed by atoms with Crippen molar-refractivity contribution < 1.29 is 14.6 Å². The summed E-state index contributed by atoms with van der Waals surface area (Å²) in [5, 5.41) is 13.8. The Bertz CT molecular complexity index is 646. The maximum Gasteiger partial charge on any atom is 0.343 e. The van der Waals surface area contributed by atoms with Crippen molar-refractivity contribution in [2.75, 3.05) is 6.61 Å². The van der Waals surface area contributed by atoms with Crippen LogP contribution in [0.3, 0.4) is 0 Å². The van der Waals surface area contributed by atoms with E-state index in [9.17, 15) is 9.90 Å². The number of rotatable bonds is 2. The molecule has 3 rings (SSSR count). The molecule has 2 heterocycles. The Kier molecular flexibility index (Phi) is 2.74. The van der Waals surface area contributed by atoms with Crippen molar-refractivity contribution in [1.29, 1.82) is 0 Å². The number of aryl methyl sites for hydroxylation is 2. The van der Waals surface area contributed by atoms with Gasteiger partial charge in [0.25, 0.3) is 0 Å². The Labute approximate surface area is 110 Å². The third-order valence-corrected chi connectivity index (χ3v) is 3.27. The van der Waals surface area contributed by atoms with Gasteiger partial charge in [0.05, 0.1) is 6.61 Å². The highest BCUT2D eigenvalue weighted by Crippen LogP contribution is 2.33. The minimum absolute atomic E-state index is 0.161. The van der Waals surface area contributed by atoms with E-state index in [1.807, 2.05) is 31.2 Å². The normalized spacial score (nSPS) is 13.7. The average Bonchev–Trinajstić information content (AvgIpc) is 2.78. The second-order valence-corrected chi connectivity index (χ2v) is 4.57. The topological polar surface area (TPSA) is 64.4 Å². The SMILES string of the molecule is Cc1ccccc1-c1nn2c(c1C(=O)O)OCCC2. The molecular weight excluding hydrogens is 244 g/mol. The largest absolute Gasteiger partial charge is 0.477 e. The summed E-state index contributed by atoms with van der Waals surface area (Å²) in [6, 6.07) is 7.63. The molecule has 1 N–H and O–H groups in total. The smallest absolute Gasteiger partial charge is 0.343 e. The first-order chi connectivity index (χ1) is 9.18. The lowest BCUT2D eigenvalue weighted by molar-refractivity contribution is 0.0690. The van der Waals surface area contributed by atoms with Crippen molar-refractivity contribution >= 4 is 5.97 Å². The molecule has 0 radical (unpaired) electrons. The van der Waals surface area contributed by atoms with Crippen LogP contribution in [-0.4, -0.2) is 27.5 Å². The zero-order chi connectivity index (χ0) is 13.4. The minimum atomic E-state index is -0.999. The van der Waals surface area contributed by atoms with Crippen molar-refractivity contribution in [3.05, 3.63) is 35.4 Å². The zero-order valence-electron chi connectivity index (χ0n) is 10.6. The molecule has 19 heavy (non-hydrogen) atoms. The third-order valence-electron chi connectivity index (χ3n) is 3.27. The van der Waals surface area contributed by atoms with Gasteiger partial charge in [-0.25, -0.2) is 9.48 Å². The highest BCUT2D eigenvalue weighted by Gasteiger charge is 2.28. The quantitative estimate of drug-likeness (QED) is 0.898. The molecule has 2 aromatic rings. The summed E-state index contributed by atoms with van der Waals surface area (Å²) in [5.41, 5.74) is 2.49. The van der Waals surface area contributed by atoms with Crippen LogP contribution in [0.5, 0.6) is 5.88 Å². The average molecular weight is 258 g/mol. The van der Waals surface area contributed by atoms with Gasteiger partial charge in [-0.05, 0) is 12.5 Å². The molecule has 0 amide bonds. The van der Waals surface area contributed by atoms with E-state index >= 15 is 0 Å². The van der Waals surface area contributed by atoms with Crippen molar-refractivity contribution in [2.45, 2.75) is 19.9 Å². The summed E-state index contributed by atoms with van der Waals surface area (Å²) >= 11 is 0. The molecule has 1 aliphatic heterocycles. The number of fused-ring (bicyclic) bond motifs is 1. The van der Waals surface area contributed by atoms with Gasteiger partial charge in [-0.1, -0.05) is 24.3 Å². The number of hydrogen-bond acceptors (Lipinski definition) is 3. The molecule has 5 nitrogen and oxygen atoms in total. The Morgan fingerprint density at radius 3 is 2.95 bits per heavy atom. The Hall–Kier alpha value is -2.30. The Morgan fingerprint density at radius 1 is 1.42 bits per heavy atom. The first-order valence-corrected chi connectivity index (χ1v) is 6.21. The van der Waals surface area contributed by atoms with Gasteiger partial charge in [0.15, 0.2) is 0 Å². The van der Waals surface area contributed by atoms with Gasteiger partial charge in [-0.2, -0.15) is 5.10 Å². The molecule has 0 atom stereocenters. The van der Waals surface area contributed by atoms with Gasteiger partial charge in [-0.15, -0.1) is 0 Å². The number of benzene rings is 1. The second kappa shape index (κ2) is 4.42. The third kappa shape index (κ3) is 1.87. The number of carboxylic acid groups (broad SMARTS) is 1. The summed E-state index contributed by atoms with van der Waals surface area (Å²) in [6.07, 6.45) is 0.848. The lowest BCUT2D eigenvalue weighted by atomic mass is 10.0. The van der Waals surface area contributed by atoms with E-state index in [1.54, 1.807) is 4.68 Å². The molecule has 0 aliphatic carbocycles. The lowest BCUT2D eigenvalue weighted by Crippen LogP contribution is -2.16. The van der Waals surface area contributed by atoms with E-state index in [4.69, 9.17) is 4.74 Å². The predicted molar refractivity (Wildman–Crippen MR) is 69.5 cm³/mol. The van der Waals surface area contributed by atoms with Gasteiger partial charge in [0.2, 0.25) is 5.88 Å². The van der Waals surface area contributed by atoms with Crippen LogP contribution in [0.2, 0.25) is 0 Å². The highest BCUT2D eigenvalue weighted by atomic mass is 16.5. The molecule has 0 fully saturated rings. The highest BCUT2D eigenvalue weighted by molar-refractivity contribution is 5.98. The maximum absolute atomic E-state index is 11.5. The fourth-order valence-electron chi connectivity index (χ4n) is 2.35. The Morgan fingerprint density at radius 2 is 2.21 bits per heavy atom. The fourth-order valence-corrected chi connectivity index (χ4v) is 2.35. The van der Waals surface area contributed by atoms with Crippen LogP contribution in [0.15, 0.2) is 24.3 Å². The van der Waals surface area contributed by atoms with Gasteiger partial charge < -0.3 is 9.84 Å². The molecule has 98 valence electrons. The van der Waals surface area contributed by atoms with Crippen molar-refractivity contribution in [3.63, 3.8) is 0 Å². The molecule has 0 spiro atoms. The van der Waals surface area contributed by atoms with Crippen molar-refractivity contribution in [2.24, 2.45) is 0 Å². The van der Waals surface area contributed by atoms with E-state index < -0.39 is 5.97 Å². The van der Waals surface area contributed by atoms with E-state index in [0.717, 1.165) is 17.5 Å². The van der Waals surface area contributed by atoms with Gasteiger partial charge >= 0.3 is 5.97 Å². The zero-order valence-corrected chi connectivity index (χ0v) is 10.6. The van der Waals surface area contributed by atoms with Gasteiger partial charge in [-0.3, -0.25) is 0 Å². The second-order valence-electron chi connectivity index (χ2n) is 4.57. The number of nitrogens with zero attached hydrogens (tertiary/aromatic N) is 2. The standard InChI is InChI=1S/C14H14N2O3/c1-9-5-2-3-6-10(9)12-11(14(17)18)13-16(15-12)7-4-8-19-13/h2-3,5-6H,4,7-8H2,1H3,(H,17,18). The first-order valence-electron chi connectivity index (χ1n) is 6.21. The van der Waals surface area contributed by atoms with Crippen LogP contribution in [0.4, 0.5) is 0 Å². The number of aromatic nitrogens is 2. The van der Waals surface area contributed by atoms with E-state index in [2.05, 4.69) is 5.10 Å². The van der Waals surface area contributed by atoms with E-state index in [1.165, 1.54) is 0 Å². The van der Waals surface area contributed by atoms with Crippen LogP contribution < -0.4 is 4.74 Å². The number of carboxylic acids is 1. The summed E-state index contributed by atoms with van der Waals surface area (Å²) in [4.78, 5) is 11.5. The molecule has 0 saturated heterocycles. The number of ether oxygens (including phenoxy) is 1.